The van der Waals surface area contributed by atoms with Crippen molar-refractivity contribution in [2.45, 2.75) is 46.0 Å². The number of ether oxygens (including phenoxy) is 2. The van der Waals surface area contributed by atoms with Gasteiger partial charge in [0.25, 0.3) is 5.56 Å². The molecule has 2 aromatic carbocycles. The number of rotatable bonds is 6. The van der Waals surface area contributed by atoms with Gasteiger partial charge in [-0.1, -0.05) is 11.6 Å². The molecule has 15 heteroatoms. The first-order valence-corrected chi connectivity index (χ1v) is 16.4. The second kappa shape index (κ2) is 12.2. The number of pyridine rings is 1. The number of halogens is 5. The van der Waals surface area contributed by atoms with E-state index in [-0.39, 0.29) is 29.7 Å². The van der Waals surface area contributed by atoms with Crippen molar-refractivity contribution in [2.24, 2.45) is 0 Å². The lowest BCUT2D eigenvalue weighted by molar-refractivity contribution is -0.138. The minimum Gasteiger partial charge on any atom is -0.491 e. The van der Waals surface area contributed by atoms with Gasteiger partial charge in [-0.3, -0.25) is 14.3 Å². The molecule has 0 fully saturated rings. The summed E-state index contributed by atoms with van der Waals surface area (Å²) in [5.74, 6) is -0.0687. The van der Waals surface area contributed by atoms with Crippen LogP contribution in [0.5, 0.6) is 5.75 Å². The lowest BCUT2D eigenvalue weighted by Crippen LogP contribution is -2.27. The summed E-state index contributed by atoms with van der Waals surface area (Å²) in [6, 6.07) is 11.0. The molecule has 0 saturated carbocycles. The second-order valence-corrected chi connectivity index (χ2v) is 13.9. The summed E-state index contributed by atoms with van der Waals surface area (Å²) in [4.78, 5) is 31.4. The molecule has 246 valence electrons. The quantitative estimate of drug-likeness (QED) is 0.157. The van der Waals surface area contributed by atoms with Gasteiger partial charge in [0.2, 0.25) is 0 Å². The van der Waals surface area contributed by atoms with Crippen molar-refractivity contribution in [3.05, 3.63) is 90.2 Å². The number of fused-ring (bicyclic) bond motifs is 4. The van der Waals surface area contributed by atoms with Gasteiger partial charge in [0.05, 0.1) is 50.6 Å². The van der Waals surface area contributed by atoms with Gasteiger partial charge in [-0.2, -0.15) is 23.5 Å². The van der Waals surface area contributed by atoms with E-state index < -0.39 is 38.9 Å². The lowest BCUT2D eigenvalue weighted by atomic mass is 10.0. The van der Waals surface area contributed by atoms with E-state index in [9.17, 15) is 28.0 Å². The SMILES string of the molecule is Cc1cc(-c2cc(Cl)ccc2OCCn2c(=O)c3c(C#N)c(Br)c(C(F)(F)F)cc3n3nccc23)c2scc(C(=O)OC(C)(C)C)c2n1. The molecule has 48 heavy (non-hydrogen) atoms. The number of benzene rings is 2. The number of aromatic nitrogens is 4. The number of hydrogen-bond donors (Lipinski definition) is 0. The maximum absolute atomic E-state index is 13.8. The van der Waals surface area contributed by atoms with Crippen LogP contribution in [-0.4, -0.2) is 37.3 Å². The molecule has 9 nitrogen and oxygen atoms in total. The Morgan fingerprint density at radius 2 is 1.90 bits per heavy atom. The minimum absolute atomic E-state index is 0.0396. The van der Waals surface area contributed by atoms with E-state index in [0.29, 0.717) is 37.8 Å². The molecule has 6 rings (SSSR count). The third-order valence-corrected chi connectivity index (χ3v) is 9.38. The molecular formula is C33H24BrClF3N5O4S. The molecule has 0 saturated heterocycles. The number of alkyl halides is 3. The maximum Gasteiger partial charge on any atom is 0.417 e. The summed E-state index contributed by atoms with van der Waals surface area (Å²) in [5, 5.41) is 15.9. The van der Waals surface area contributed by atoms with Crippen molar-refractivity contribution >= 4 is 71.6 Å². The Labute approximate surface area is 288 Å². The zero-order valence-electron chi connectivity index (χ0n) is 25.7. The summed E-state index contributed by atoms with van der Waals surface area (Å²) < 4.78 is 55.9. The van der Waals surface area contributed by atoms with Gasteiger partial charge in [0.15, 0.2) is 0 Å². The van der Waals surface area contributed by atoms with Gasteiger partial charge in [-0.15, -0.1) is 11.3 Å². The zero-order valence-corrected chi connectivity index (χ0v) is 28.9. The molecule has 0 N–H and O–H groups in total. The number of carbonyl (C=O) groups is 1. The number of thiophene rings is 1. The second-order valence-electron chi connectivity index (χ2n) is 11.8. The summed E-state index contributed by atoms with van der Waals surface area (Å²) in [6.07, 6.45) is -3.43. The van der Waals surface area contributed by atoms with E-state index in [4.69, 9.17) is 21.1 Å². The Kier molecular flexibility index (Phi) is 8.51. The normalized spacial score (nSPS) is 12.2. The third-order valence-electron chi connectivity index (χ3n) is 7.32. The van der Waals surface area contributed by atoms with Crippen molar-refractivity contribution in [3.8, 4) is 22.9 Å². The van der Waals surface area contributed by atoms with Crippen LogP contribution in [0, 0.1) is 18.3 Å². The third kappa shape index (κ3) is 6.02. The molecule has 4 heterocycles. The molecule has 6 aromatic rings. The van der Waals surface area contributed by atoms with Gasteiger partial charge < -0.3 is 9.47 Å². The molecule has 0 unspecified atom stereocenters. The van der Waals surface area contributed by atoms with E-state index in [1.807, 2.05) is 6.07 Å². The van der Waals surface area contributed by atoms with Crippen LogP contribution in [0.2, 0.25) is 5.02 Å². The number of nitriles is 1. The summed E-state index contributed by atoms with van der Waals surface area (Å²) >= 11 is 10.6. The number of carbonyl (C=O) groups excluding carboxylic acids is 1. The van der Waals surface area contributed by atoms with Crippen LogP contribution in [0.15, 0.2) is 57.2 Å². The van der Waals surface area contributed by atoms with Crippen LogP contribution >= 0.6 is 38.9 Å². The molecule has 0 aliphatic carbocycles. The van der Waals surface area contributed by atoms with Crippen LogP contribution in [0.25, 0.3) is 37.9 Å². The summed E-state index contributed by atoms with van der Waals surface area (Å²) in [5.41, 5.74) is -0.0472. The fourth-order valence-corrected chi connectivity index (χ4v) is 7.19. The Hall–Kier alpha value is -4.45. The first kappa shape index (κ1) is 33.5. The molecular weight excluding hydrogens is 735 g/mol. The van der Waals surface area contributed by atoms with E-state index in [0.717, 1.165) is 11.6 Å². The predicted molar refractivity (Wildman–Crippen MR) is 180 cm³/mol. The summed E-state index contributed by atoms with van der Waals surface area (Å²) in [6.45, 7) is 7.07. The molecule has 0 aliphatic heterocycles. The van der Waals surface area contributed by atoms with E-state index in [1.165, 1.54) is 32.7 Å². The highest BCUT2D eigenvalue weighted by Crippen LogP contribution is 2.41. The highest BCUT2D eigenvalue weighted by molar-refractivity contribution is 9.10. The average Bonchev–Trinajstić information content (AvgIpc) is 3.65. The molecule has 0 aliphatic rings. The largest absolute Gasteiger partial charge is 0.491 e. The first-order valence-electron chi connectivity index (χ1n) is 14.3. The van der Waals surface area contributed by atoms with Crippen LogP contribution in [0.1, 0.15) is 48.0 Å². The Bertz CT molecular complexity index is 2390. The number of hydrogen-bond acceptors (Lipinski definition) is 8. The minimum atomic E-state index is -4.78. The standard InChI is InChI=1S/C33H24BrClF3N5O4S/c1-16-11-19(29-28(41-16)21(15-48-29)31(45)47-32(2,3)4)18-12-17(35)5-6-24(18)46-10-9-42-25-7-8-40-43(25)23-13-22(33(36,37)38)27(34)20(14-39)26(23)30(42)44/h5-8,11-13,15H,9-10H2,1-4H3. The van der Waals surface area contributed by atoms with Gasteiger partial charge in [0, 0.05) is 37.8 Å². The smallest absolute Gasteiger partial charge is 0.417 e. The fourth-order valence-electron chi connectivity index (χ4n) is 5.38. The highest BCUT2D eigenvalue weighted by Gasteiger charge is 2.36. The monoisotopic (exact) mass is 757 g/mol. The Morgan fingerprint density at radius 3 is 2.58 bits per heavy atom. The molecule has 0 amide bonds. The first-order chi connectivity index (χ1) is 22.6. The van der Waals surface area contributed by atoms with Crippen molar-refractivity contribution in [3.63, 3.8) is 0 Å². The topological polar surface area (TPSA) is 112 Å². The van der Waals surface area contributed by atoms with Gasteiger partial charge in [-0.25, -0.2) is 9.31 Å². The van der Waals surface area contributed by atoms with Crippen molar-refractivity contribution < 1.29 is 27.4 Å². The van der Waals surface area contributed by atoms with Crippen molar-refractivity contribution in [1.82, 2.24) is 19.2 Å². The van der Waals surface area contributed by atoms with E-state index >= 15 is 0 Å². The Morgan fingerprint density at radius 1 is 1.15 bits per heavy atom. The molecule has 0 radical (unpaired) electrons. The summed E-state index contributed by atoms with van der Waals surface area (Å²) in [7, 11) is 0. The molecule has 0 bridgehead atoms. The van der Waals surface area contributed by atoms with Gasteiger partial charge in [0.1, 0.15) is 29.7 Å². The van der Waals surface area contributed by atoms with Crippen LogP contribution in [-0.2, 0) is 17.5 Å². The molecule has 0 atom stereocenters. The highest BCUT2D eigenvalue weighted by atomic mass is 79.9. The van der Waals surface area contributed by atoms with Crippen molar-refractivity contribution in [1.29, 1.82) is 5.26 Å². The van der Waals surface area contributed by atoms with Crippen LogP contribution < -0.4 is 10.3 Å². The Balaban J connectivity index is 1.39. The molecule has 0 spiro atoms. The molecule has 4 aromatic heterocycles. The van der Waals surface area contributed by atoms with Crippen LogP contribution in [0.3, 0.4) is 0 Å². The van der Waals surface area contributed by atoms with Gasteiger partial charge >= 0.3 is 12.1 Å². The number of aryl methyl sites for hydroxylation is 1. The predicted octanol–water partition coefficient (Wildman–Crippen LogP) is 8.58. The van der Waals surface area contributed by atoms with E-state index in [2.05, 4.69) is 26.0 Å². The van der Waals surface area contributed by atoms with Gasteiger partial charge in [-0.05, 0) is 74.0 Å². The van der Waals surface area contributed by atoms with Crippen molar-refractivity contribution in [2.75, 3.05) is 6.61 Å². The fraction of sp³-hybridized carbons (Fsp3) is 0.242. The van der Waals surface area contributed by atoms with Crippen LogP contribution in [0.4, 0.5) is 13.2 Å². The maximum atomic E-state index is 13.8. The number of esters is 1. The number of nitrogens with zero attached hydrogens (tertiary/aromatic N) is 5. The van der Waals surface area contributed by atoms with E-state index in [1.54, 1.807) is 57.3 Å². The lowest BCUT2D eigenvalue weighted by Gasteiger charge is -2.19. The average molecular weight is 759 g/mol. The zero-order chi connectivity index (χ0) is 34.7.